The molecule has 0 atom stereocenters. The number of hydrogen-bond acceptors (Lipinski definition) is 5. The number of aromatic nitrogens is 5. The first-order valence-corrected chi connectivity index (χ1v) is 9.23. The number of fused-ring (bicyclic) bond motifs is 1. The fourth-order valence-electron chi connectivity index (χ4n) is 3.01. The van der Waals surface area contributed by atoms with E-state index in [1.807, 2.05) is 26.0 Å². The van der Waals surface area contributed by atoms with Crippen LogP contribution < -0.4 is 5.32 Å². The molecule has 4 aromatic heterocycles. The predicted molar refractivity (Wildman–Crippen MR) is 106 cm³/mol. The Labute approximate surface area is 162 Å². The number of nitrogens with zero attached hydrogens (tertiary/aromatic N) is 4. The van der Waals surface area contributed by atoms with Crippen LogP contribution in [0.4, 0.5) is 5.82 Å². The van der Waals surface area contributed by atoms with Gasteiger partial charge in [-0.05, 0) is 38.0 Å². The number of aromatic amines is 1. The normalized spacial score (nSPS) is 11.6. The number of pyridine rings is 1. The Kier molecular flexibility index (Phi) is 4.46. The van der Waals surface area contributed by atoms with Crippen molar-refractivity contribution < 1.29 is 9.21 Å². The zero-order valence-corrected chi connectivity index (χ0v) is 16.2. The van der Waals surface area contributed by atoms with Gasteiger partial charge in [-0.15, -0.1) is 0 Å². The van der Waals surface area contributed by atoms with Gasteiger partial charge in [0.25, 0.3) is 5.91 Å². The lowest BCUT2D eigenvalue weighted by molar-refractivity contribution is 0.102. The molecule has 8 heteroatoms. The highest BCUT2D eigenvalue weighted by atomic mass is 16.3. The second-order valence-corrected chi connectivity index (χ2v) is 7.27. The van der Waals surface area contributed by atoms with Crippen LogP contribution in [0.3, 0.4) is 0 Å². The van der Waals surface area contributed by atoms with E-state index >= 15 is 0 Å². The van der Waals surface area contributed by atoms with Crippen LogP contribution in [0.1, 0.15) is 55.7 Å². The number of furan rings is 1. The Hall–Kier alpha value is -3.42. The Morgan fingerprint density at radius 2 is 2.07 bits per heavy atom. The molecule has 1 amide bonds. The molecular weight excluding hydrogens is 356 g/mol. The number of amides is 1. The molecule has 0 aromatic carbocycles. The van der Waals surface area contributed by atoms with E-state index in [0.717, 1.165) is 5.69 Å². The minimum Gasteiger partial charge on any atom is -0.463 e. The molecule has 0 aliphatic heterocycles. The molecule has 0 saturated heterocycles. The summed E-state index contributed by atoms with van der Waals surface area (Å²) in [6.45, 7) is 8.15. The number of H-pyrrole nitrogens is 1. The standard InChI is InChI=1S/C20H22N6O2/c1-11(2)15-9-18(25-24-15)23-20(27)13-8-16(17-6-5-7-28-17)22-19-14(13)10-21-26(19)12(3)4/h5-12H,1-4H3,(H2,23,24,25,27). The van der Waals surface area contributed by atoms with Crippen molar-refractivity contribution in [2.45, 2.75) is 39.7 Å². The van der Waals surface area contributed by atoms with Gasteiger partial charge in [0.1, 0.15) is 5.69 Å². The van der Waals surface area contributed by atoms with E-state index in [2.05, 4.69) is 39.4 Å². The number of nitrogens with one attached hydrogen (secondary N) is 2. The van der Waals surface area contributed by atoms with E-state index in [-0.39, 0.29) is 11.9 Å². The quantitative estimate of drug-likeness (QED) is 0.537. The first kappa shape index (κ1) is 18.0. The van der Waals surface area contributed by atoms with Gasteiger partial charge in [-0.2, -0.15) is 10.2 Å². The highest BCUT2D eigenvalue weighted by molar-refractivity contribution is 6.12. The second kappa shape index (κ2) is 6.95. The van der Waals surface area contributed by atoms with Crippen molar-refractivity contribution in [2.75, 3.05) is 5.32 Å². The lowest BCUT2D eigenvalue weighted by Gasteiger charge is -2.09. The van der Waals surface area contributed by atoms with E-state index in [1.165, 1.54) is 0 Å². The monoisotopic (exact) mass is 378 g/mol. The van der Waals surface area contributed by atoms with Gasteiger partial charge in [0.05, 0.1) is 23.4 Å². The lowest BCUT2D eigenvalue weighted by Crippen LogP contribution is -2.13. The van der Waals surface area contributed by atoms with Crippen LogP contribution >= 0.6 is 0 Å². The van der Waals surface area contributed by atoms with Gasteiger partial charge in [-0.25, -0.2) is 9.67 Å². The summed E-state index contributed by atoms with van der Waals surface area (Å²) < 4.78 is 7.28. The summed E-state index contributed by atoms with van der Waals surface area (Å²) in [4.78, 5) is 17.7. The number of anilines is 1. The summed E-state index contributed by atoms with van der Waals surface area (Å²) in [6, 6.07) is 7.27. The van der Waals surface area contributed by atoms with E-state index in [4.69, 9.17) is 4.42 Å². The van der Waals surface area contributed by atoms with Crippen LogP contribution in [0.2, 0.25) is 0 Å². The molecule has 0 spiro atoms. The van der Waals surface area contributed by atoms with Gasteiger partial charge in [0.15, 0.2) is 17.2 Å². The van der Waals surface area contributed by atoms with E-state index < -0.39 is 0 Å². The minimum absolute atomic E-state index is 0.104. The third-order valence-electron chi connectivity index (χ3n) is 4.54. The Bertz CT molecular complexity index is 1120. The minimum atomic E-state index is -0.273. The van der Waals surface area contributed by atoms with Crippen molar-refractivity contribution in [2.24, 2.45) is 0 Å². The van der Waals surface area contributed by atoms with Gasteiger partial charge in [-0.3, -0.25) is 9.89 Å². The van der Waals surface area contributed by atoms with Crippen molar-refractivity contribution in [3.05, 3.63) is 48.0 Å². The Balaban J connectivity index is 1.79. The SMILES string of the molecule is CC(C)c1cc(NC(=O)c2cc(-c3ccco3)nc3c2cnn3C(C)C)n[nH]1. The van der Waals surface area contributed by atoms with Crippen molar-refractivity contribution in [3.63, 3.8) is 0 Å². The molecule has 4 heterocycles. The first-order valence-electron chi connectivity index (χ1n) is 9.23. The van der Waals surface area contributed by atoms with Crippen molar-refractivity contribution >= 4 is 22.8 Å². The fraction of sp³-hybridized carbons (Fsp3) is 0.300. The zero-order chi connectivity index (χ0) is 19.8. The van der Waals surface area contributed by atoms with E-state index in [9.17, 15) is 4.79 Å². The lowest BCUT2D eigenvalue weighted by atomic mass is 10.1. The average molecular weight is 378 g/mol. The molecular formula is C20H22N6O2. The van der Waals surface area contributed by atoms with Gasteiger partial charge in [0.2, 0.25) is 0 Å². The maximum atomic E-state index is 13.0. The van der Waals surface area contributed by atoms with E-state index in [0.29, 0.717) is 39.8 Å². The molecule has 2 N–H and O–H groups in total. The summed E-state index contributed by atoms with van der Waals surface area (Å²) in [5, 5.41) is 15.1. The molecule has 4 rings (SSSR count). The number of carbonyl (C=O) groups excluding carboxylic acids is 1. The number of rotatable bonds is 5. The molecule has 4 aromatic rings. The smallest absolute Gasteiger partial charge is 0.257 e. The second-order valence-electron chi connectivity index (χ2n) is 7.27. The fourth-order valence-corrected chi connectivity index (χ4v) is 3.01. The molecule has 144 valence electrons. The highest BCUT2D eigenvalue weighted by Crippen LogP contribution is 2.27. The molecule has 8 nitrogen and oxygen atoms in total. The number of hydrogen-bond donors (Lipinski definition) is 2. The molecule has 0 bridgehead atoms. The van der Waals surface area contributed by atoms with Gasteiger partial charge < -0.3 is 9.73 Å². The maximum Gasteiger partial charge on any atom is 0.257 e. The number of carbonyl (C=O) groups is 1. The van der Waals surface area contributed by atoms with Crippen LogP contribution in [-0.2, 0) is 0 Å². The Morgan fingerprint density at radius 1 is 1.25 bits per heavy atom. The first-order chi connectivity index (χ1) is 13.4. The van der Waals surface area contributed by atoms with Crippen LogP contribution in [0.25, 0.3) is 22.5 Å². The summed E-state index contributed by atoms with van der Waals surface area (Å²) in [6.07, 6.45) is 3.26. The predicted octanol–water partition coefficient (Wildman–Crippen LogP) is 4.37. The van der Waals surface area contributed by atoms with Gasteiger partial charge in [0, 0.05) is 17.8 Å². The third-order valence-corrected chi connectivity index (χ3v) is 4.54. The van der Waals surface area contributed by atoms with Crippen LogP contribution in [0, 0.1) is 0 Å². The Morgan fingerprint density at radius 3 is 2.71 bits per heavy atom. The van der Waals surface area contributed by atoms with Crippen LogP contribution in [-0.4, -0.2) is 30.9 Å². The zero-order valence-electron chi connectivity index (χ0n) is 16.2. The molecule has 0 fully saturated rings. The molecule has 28 heavy (non-hydrogen) atoms. The third kappa shape index (κ3) is 3.17. The maximum absolute atomic E-state index is 13.0. The molecule has 0 aliphatic carbocycles. The average Bonchev–Trinajstić information content (AvgIpc) is 3.40. The molecule has 0 aliphatic rings. The molecule has 0 unspecified atom stereocenters. The van der Waals surface area contributed by atoms with Crippen LogP contribution in [0.5, 0.6) is 0 Å². The van der Waals surface area contributed by atoms with E-state index in [1.54, 1.807) is 29.3 Å². The molecule has 0 radical (unpaired) electrons. The molecule has 0 saturated carbocycles. The largest absolute Gasteiger partial charge is 0.463 e. The topological polar surface area (TPSA) is 102 Å². The van der Waals surface area contributed by atoms with Crippen molar-refractivity contribution in [1.29, 1.82) is 0 Å². The summed E-state index contributed by atoms with van der Waals surface area (Å²) in [5.41, 5.74) is 2.64. The van der Waals surface area contributed by atoms with Crippen molar-refractivity contribution in [3.8, 4) is 11.5 Å². The summed E-state index contributed by atoms with van der Waals surface area (Å²) in [5.74, 6) is 1.09. The highest BCUT2D eigenvalue weighted by Gasteiger charge is 2.20. The summed E-state index contributed by atoms with van der Waals surface area (Å²) in [7, 11) is 0. The summed E-state index contributed by atoms with van der Waals surface area (Å²) >= 11 is 0. The van der Waals surface area contributed by atoms with Crippen LogP contribution in [0.15, 0.2) is 41.1 Å². The van der Waals surface area contributed by atoms with Gasteiger partial charge in [-0.1, -0.05) is 13.8 Å². The van der Waals surface area contributed by atoms with Crippen molar-refractivity contribution in [1.82, 2.24) is 25.0 Å². The van der Waals surface area contributed by atoms with Gasteiger partial charge >= 0.3 is 0 Å².